The second kappa shape index (κ2) is 12.5. The number of nitrogens with zero attached hydrogens (tertiary/aromatic N) is 2. The normalized spacial score (nSPS) is 19.3. The van der Waals surface area contributed by atoms with E-state index in [1.165, 1.54) is 10.5 Å². The number of fused-ring (bicyclic) bond motifs is 1. The predicted octanol–water partition coefficient (Wildman–Crippen LogP) is 6.55. The second-order valence-corrected chi connectivity index (χ2v) is 10.8. The first kappa shape index (κ1) is 26.4. The zero-order chi connectivity index (χ0) is 25.5. The minimum atomic E-state index is -1.17. The molecule has 0 radical (unpaired) electrons. The second-order valence-electron chi connectivity index (χ2n) is 9.64. The molecule has 7 heteroatoms. The average molecular weight is 511 g/mol. The van der Waals surface area contributed by atoms with Crippen molar-refractivity contribution in [1.29, 1.82) is 0 Å². The highest BCUT2D eigenvalue weighted by atomic mass is 32.2. The van der Waals surface area contributed by atoms with Crippen LogP contribution in [0.25, 0.3) is 10.9 Å². The Morgan fingerprint density at radius 1 is 1.28 bits per heavy atom. The highest BCUT2D eigenvalue weighted by molar-refractivity contribution is 7.99. The van der Waals surface area contributed by atoms with Gasteiger partial charge >= 0.3 is 5.97 Å². The summed E-state index contributed by atoms with van der Waals surface area (Å²) in [4.78, 5) is 20.0. The first-order valence-electron chi connectivity index (χ1n) is 12.7. The van der Waals surface area contributed by atoms with Crippen LogP contribution in [0.1, 0.15) is 43.0 Å². The number of aryl methyl sites for hydroxylation is 1. The molecule has 0 amide bonds. The Morgan fingerprint density at radius 3 is 2.92 bits per heavy atom. The van der Waals surface area contributed by atoms with Crippen LogP contribution < -0.4 is 4.74 Å². The minimum absolute atomic E-state index is 0.0127. The Labute approximate surface area is 217 Å². The lowest BCUT2D eigenvalue weighted by molar-refractivity contribution is -0.146. The molecule has 192 valence electrons. The van der Waals surface area contributed by atoms with Gasteiger partial charge in [-0.1, -0.05) is 17.7 Å². The number of aliphatic carboxylic acids is 1. The van der Waals surface area contributed by atoms with Crippen LogP contribution in [0, 0.1) is 18.8 Å². The minimum Gasteiger partial charge on any atom is -0.497 e. The quantitative estimate of drug-likeness (QED) is 0.233. The summed E-state index contributed by atoms with van der Waals surface area (Å²) in [6, 6.07) is 15.7. The highest BCUT2D eigenvalue weighted by Gasteiger charge is 2.34. The summed E-state index contributed by atoms with van der Waals surface area (Å²) in [6.45, 7) is 4.41. The van der Waals surface area contributed by atoms with E-state index in [0.717, 1.165) is 42.6 Å². The van der Waals surface area contributed by atoms with Crippen molar-refractivity contribution in [3.8, 4) is 5.75 Å². The molecular formula is C29H35FN2O3S. The van der Waals surface area contributed by atoms with Gasteiger partial charge in [-0.2, -0.15) is 0 Å². The highest BCUT2D eigenvalue weighted by Crippen LogP contribution is 2.35. The van der Waals surface area contributed by atoms with Crippen LogP contribution in [-0.2, 0) is 4.79 Å². The lowest BCUT2D eigenvalue weighted by Gasteiger charge is -2.36. The molecule has 36 heavy (non-hydrogen) atoms. The number of alkyl halides is 1. The molecule has 5 nitrogen and oxygen atoms in total. The molecule has 0 spiro atoms. The number of aromatic nitrogens is 1. The number of carboxylic acids is 1. The molecule has 2 heterocycles. The first-order valence-corrected chi connectivity index (χ1v) is 13.6. The maximum Gasteiger partial charge on any atom is 0.308 e. The number of thioether (sulfide) groups is 1. The standard InChI is InChI=1S/C29H35FN2O3S/c1-20-5-3-6-23(17-20)36-16-4-14-32-15-12-21(26(19-32)29(33)34)7-9-27(30)24-11-13-31-28-10-8-22(35-2)18-25(24)28/h3,5-6,8,10-11,13,17-18,21,26-27H,4,7,9,12,14-16,19H2,1-2H3,(H,33,34)/t21-,26+,27+/m1/s1. The number of carbonyl (C=O) groups is 1. The fourth-order valence-corrected chi connectivity index (χ4v) is 6.10. The van der Waals surface area contributed by atoms with Crippen molar-refractivity contribution in [1.82, 2.24) is 9.88 Å². The van der Waals surface area contributed by atoms with E-state index in [4.69, 9.17) is 4.74 Å². The molecule has 4 rings (SSSR count). The van der Waals surface area contributed by atoms with Gasteiger partial charge in [0.1, 0.15) is 11.9 Å². The van der Waals surface area contributed by atoms with Crippen molar-refractivity contribution in [3.05, 3.63) is 65.9 Å². The summed E-state index contributed by atoms with van der Waals surface area (Å²) < 4.78 is 20.7. The smallest absolute Gasteiger partial charge is 0.308 e. The van der Waals surface area contributed by atoms with Crippen LogP contribution in [0.2, 0.25) is 0 Å². The molecule has 1 fully saturated rings. The predicted molar refractivity (Wildman–Crippen MR) is 144 cm³/mol. The van der Waals surface area contributed by atoms with Crippen LogP contribution in [0.4, 0.5) is 4.39 Å². The van der Waals surface area contributed by atoms with Crippen LogP contribution in [0.15, 0.2) is 59.6 Å². The van der Waals surface area contributed by atoms with E-state index in [9.17, 15) is 9.90 Å². The number of piperidine rings is 1. The lowest BCUT2D eigenvalue weighted by atomic mass is 9.81. The van der Waals surface area contributed by atoms with Gasteiger partial charge in [-0.15, -0.1) is 11.8 Å². The SMILES string of the molecule is COc1ccc2nccc([C@@H](F)CC[C@@H]3CCN(CCCSc4cccc(C)c4)C[C@@H]3C(=O)O)c2c1. The van der Waals surface area contributed by atoms with Crippen molar-refractivity contribution in [2.45, 2.75) is 43.7 Å². The van der Waals surface area contributed by atoms with E-state index >= 15 is 4.39 Å². The zero-order valence-corrected chi connectivity index (χ0v) is 21.8. The van der Waals surface area contributed by atoms with E-state index in [2.05, 4.69) is 41.1 Å². The summed E-state index contributed by atoms with van der Waals surface area (Å²) >= 11 is 1.85. The number of rotatable bonds is 11. The number of carboxylic acid groups (broad SMARTS) is 1. The first-order chi connectivity index (χ1) is 17.4. The maximum absolute atomic E-state index is 15.4. The number of ether oxygens (including phenoxy) is 1. The molecule has 1 saturated heterocycles. The molecule has 3 atom stereocenters. The van der Waals surface area contributed by atoms with Crippen molar-refractivity contribution in [2.24, 2.45) is 11.8 Å². The number of methoxy groups -OCH3 is 1. The number of pyridine rings is 1. The Hall–Kier alpha value is -2.64. The van der Waals surface area contributed by atoms with E-state index in [1.807, 2.05) is 30.0 Å². The van der Waals surface area contributed by atoms with E-state index in [0.29, 0.717) is 30.7 Å². The maximum atomic E-state index is 15.4. The van der Waals surface area contributed by atoms with Gasteiger partial charge < -0.3 is 14.7 Å². The number of likely N-dealkylation sites (tertiary alicyclic amines) is 1. The molecule has 2 aromatic carbocycles. The summed E-state index contributed by atoms with van der Waals surface area (Å²) in [6.07, 6.45) is 3.13. The molecule has 0 aliphatic carbocycles. The van der Waals surface area contributed by atoms with Crippen LogP contribution in [0.5, 0.6) is 5.75 Å². The van der Waals surface area contributed by atoms with Gasteiger partial charge in [0.2, 0.25) is 0 Å². The van der Waals surface area contributed by atoms with Crippen LogP contribution in [0.3, 0.4) is 0 Å². The van der Waals surface area contributed by atoms with Crippen molar-refractivity contribution in [3.63, 3.8) is 0 Å². The third kappa shape index (κ3) is 6.77. The van der Waals surface area contributed by atoms with Gasteiger partial charge in [-0.05, 0) is 99.3 Å². The van der Waals surface area contributed by atoms with Crippen molar-refractivity contribution in [2.75, 3.05) is 32.5 Å². The third-order valence-electron chi connectivity index (χ3n) is 7.14. The molecular weight excluding hydrogens is 475 g/mol. The van der Waals surface area contributed by atoms with E-state index < -0.39 is 18.1 Å². The molecule has 0 saturated carbocycles. The number of benzene rings is 2. The van der Waals surface area contributed by atoms with Gasteiger partial charge in [0.05, 0.1) is 18.5 Å². The number of hydrogen-bond donors (Lipinski definition) is 1. The topological polar surface area (TPSA) is 62.7 Å². The monoisotopic (exact) mass is 510 g/mol. The molecule has 1 aliphatic rings. The number of hydrogen-bond acceptors (Lipinski definition) is 5. The molecule has 1 N–H and O–H groups in total. The average Bonchev–Trinajstić information content (AvgIpc) is 2.89. The van der Waals surface area contributed by atoms with E-state index in [1.54, 1.807) is 19.4 Å². The molecule has 3 aromatic rings. The Morgan fingerprint density at radius 2 is 2.14 bits per heavy atom. The zero-order valence-electron chi connectivity index (χ0n) is 21.0. The number of halogens is 1. The largest absolute Gasteiger partial charge is 0.497 e. The summed E-state index contributed by atoms with van der Waals surface area (Å²) in [7, 11) is 1.59. The third-order valence-corrected chi connectivity index (χ3v) is 8.23. The molecule has 0 bridgehead atoms. The van der Waals surface area contributed by atoms with Gasteiger partial charge in [0.15, 0.2) is 0 Å². The Balaban J connectivity index is 1.29. The summed E-state index contributed by atoms with van der Waals surface area (Å²) in [5, 5.41) is 10.7. The summed E-state index contributed by atoms with van der Waals surface area (Å²) in [5.74, 6) is 0.439. The van der Waals surface area contributed by atoms with Gasteiger partial charge in [0.25, 0.3) is 0 Å². The molecule has 1 aromatic heterocycles. The van der Waals surface area contributed by atoms with Gasteiger partial charge in [-0.25, -0.2) is 4.39 Å². The van der Waals surface area contributed by atoms with Crippen molar-refractivity contribution >= 4 is 28.6 Å². The van der Waals surface area contributed by atoms with Crippen LogP contribution >= 0.6 is 11.8 Å². The Bertz CT molecular complexity index is 1170. The molecule has 1 aliphatic heterocycles. The fraction of sp³-hybridized carbons (Fsp3) is 0.448. The van der Waals surface area contributed by atoms with Crippen molar-refractivity contribution < 1.29 is 19.0 Å². The van der Waals surface area contributed by atoms with Crippen LogP contribution in [-0.4, -0.2) is 53.5 Å². The fourth-order valence-electron chi connectivity index (χ4n) is 5.14. The lowest BCUT2D eigenvalue weighted by Crippen LogP contribution is -2.44. The Kier molecular flexibility index (Phi) is 9.21. The van der Waals surface area contributed by atoms with Gasteiger partial charge in [-0.3, -0.25) is 9.78 Å². The molecule has 0 unspecified atom stereocenters. The summed E-state index contributed by atoms with van der Waals surface area (Å²) in [5.41, 5.74) is 2.58. The van der Waals surface area contributed by atoms with Gasteiger partial charge in [0, 0.05) is 23.0 Å². The van der Waals surface area contributed by atoms with E-state index in [-0.39, 0.29) is 5.92 Å².